The van der Waals surface area contributed by atoms with Crippen LogP contribution in [0.4, 0.5) is 0 Å². The molecule has 4 aromatic carbocycles. The predicted molar refractivity (Wildman–Crippen MR) is 316 cm³/mol. The fourth-order valence-corrected chi connectivity index (χ4v) is 11.7. The minimum atomic E-state index is -1.37. The molecule has 1 fully saturated rings. The van der Waals surface area contributed by atoms with E-state index in [0.717, 1.165) is 43.3 Å². The van der Waals surface area contributed by atoms with Gasteiger partial charge in [0.05, 0.1) is 6.04 Å². The van der Waals surface area contributed by atoms with Crippen molar-refractivity contribution in [1.82, 2.24) is 47.2 Å². The van der Waals surface area contributed by atoms with Gasteiger partial charge < -0.3 is 59.4 Å². The van der Waals surface area contributed by atoms with E-state index < -0.39 is 102 Å². The Morgan fingerprint density at radius 2 is 1.37 bits per heavy atom. The van der Waals surface area contributed by atoms with Gasteiger partial charge in [-0.15, -0.1) is 0 Å². The van der Waals surface area contributed by atoms with Crippen molar-refractivity contribution < 1.29 is 38.4 Å². The molecule has 3 heterocycles. The van der Waals surface area contributed by atoms with E-state index in [9.17, 15) is 38.4 Å². The topological polar surface area (TPSA) is 328 Å². The molecule has 0 aliphatic carbocycles. The number of nitrogens with two attached hydrogens (primary N) is 3. The van der Waals surface area contributed by atoms with Gasteiger partial charge in [0, 0.05) is 65.3 Å². The van der Waals surface area contributed by atoms with Gasteiger partial charge in [0.15, 0.2) is 0 Å². The second-order valence-corrected chi connectivity index (χ2v) is 23.3. The van der Waals surface area contributed by atoms with Gasteiger partial charge in [-0.3, -0.25) is 43.3 Å². The number of primary amides is 1. The van der Waals surface area contributed by atoms with Crippen molar-refractivity contribution in [3.05, 3.63) is 149 Å². The number of halogens is 1. The molecule has 1 aliphatic rings. The molecule has 0 radical (unpaired) electrons. The molecule has 2 aromatic heterocycles. The number of H-pyrrole nitrogens is 1. The Morgan fingerprint density at radius 3 is 2.09 bits per heavy atom. The lowest BCUT2D eigenvalue weighted by molar-refractivity contribution is -0.136. The first-order valence-electron chi connectivity index (χ1n) is 26.7. The third-order valence-corrected chi connectivity index (χ3v) is 16.5. The van der Waals surface area contributed by atoms with Crippen molar-refractivity contribution in [2.24, 2.45) is 23.1 Å². The van der Waals surface area contributed by atoms with E-state index in [1.807, 2.05) is 66.7 Å². The number of pyridine rings is 1. The molecule has 1 saturated heterocycles. The van der Waals surface area contributed by atoms with Gasteiger partial charge in [0.25, 0.3) is 0 Å². The second-order valence-electron chi connectivity index (χ2n) is 20.3. The van der Waals surface area contributed by atoms with Crippen LogP contribution < -0.4 is 54.4 Å². The van der Waals surface area contributed by atoms with Crippen molar-refractivity contribution in [1.29, 1.82) is 0 Å². The van der Waals surface area contributed by atoms with Gasteiger partial charge in [-0.05, 0) is 95.4 Å². The van der Waals surface area contributed by atoms with E-state index in [1.165, 1.54) is 6.20 Å². The van der Waals surface area contributed by atoms with E-state index in [4.69, 9.17) is 28.8 Å². The number of hydrogen-bond acceptors (Lipinski definition) is 13. The molecular weight excluding hydrogens is 1090 g/mol. The molecular formula is C58H69ClN12O8S2. The smallest absolute Gasteiger partial charge is 0.244 e. The SMILES string of the molecule is CC(C)[C@@H]1NC(=O)[C@H](CCCCN)NC(=O)[C@H](Cc2c[nH]c3ccccc23)NC(=O)[C@H](Cc2cccnc2)NC(=O)[C@H](NC(=O)[C@@H](N)Cc2ccc(Cl)cc2)CSSC[C@@H](C(=O)N[C@@H](Cc2ccc3ccccc3c2)C(N)=O)NC1=O. The van der Waals surface area contributed by atoms with Gasteiger partial charge in [-0.25, -0.2) is 0 Å². The Morgan fingerprint density at radius 1 is 0.704 bits per heavy atom. The number of carbonyl (C=O) groups is 8. The molecule has 1 aliphatic heterocycles. The maximum absolute atomic E-state index is 14.9. The van der Waals surface area contributed by atoms with E-state index in [-0.39, 0.29) is 43.6 Å². The van der Waals surface area contributed by atoms with Crippen LogP contribution in [-0.2, 0) is 64.0 Å². The maximum atomic E-state index is 14.9. The molecule has 6 aromatic rings. The summed E-state index contributed by atoms with van der Waals surface area (Å²) in [6, 6.07) is 20.5. The summed E-state index contributed by atoms with van der Waals surface area (Å²) < 4.78 is 0. The van der Waals surface area contributed by atoms with Crippen LogP contribution in [0.15, 0.2) is 122 Å². The minimum Gasteiger partial charge on any atom is -0.368 e. The van der Waals surface area contributed by atoms with E-state index in [1.54, 1.807) is 62.6 Å². The largest absolute Gasteiger partial charge is 0.368 e. The van der Waals surface area contributed by atoms with E-state index in [2.05, 4.69) is 47.2 Å². The Hall–Kier alpha value is -7.50. The molecule has 8 amide bonds. The maximum Gasteiger partial charge on any atom is 0.244 e. The summed E-state index contributed by atoms with van der Waals surface area (Å²) >= 11 is 6.11. The second kappa shape index (κ2) is 29.8. The lowest BCUT2D eigenvalue weighted by Gasteiger charge is -2.29. The normalized spacial score (nSPS) is 20.7. The zero-order valence-corrected chi connectivity index (χ0v) is 47.3. The van der Waals surface area contributed by atoms with Gasteiger partial charge in [0.1, 0.15) is 42.3 Å². The number of nitrogens with one attached hydrogen (secondary N) is 8. The summed E-state index contributed by atoms with van der Waals surface area (Å²) in [7, 11) is 2.14. The quantitative estimate of drug-likeness (QED) is 0.0436. The Kier molecular flexibility index (Phi) is 22.5. The number of unbranched alkanes of at least 4 members (excludes halogenated alkanes) is 1. The lowest BCUT2D eigenvalue weighted by atomic mass is 10.00. The zero-order chi connectivity index (χ0) is 58.0. The first-order valence-corrected chi connectivity index (χ1v) is 29.6. The first-order chi connectivity index (χ1) is 39.0. The summed E-state index contributed by atoms with van der Waals surface area (Å²) in [5, 5.41) is 22.8. The number of rotatable bonds is 18. The zero-order valence-electron chi connectivity index (χ0n) is 45.0. The van der Waals surface area contributed by atoms with Crippen molar-refractivity contribution in [3.63, 3.8) is 0 Å². The molecule has 0 unspecified atom stereocenters. The Labute approximate surface area is 482 Å². The number of nitrogens with zero attached hydrogens (tertiary/aromatic N) is 1. The van der Waals surface area contributed by atoms with Crippen LogP contribution in [0.25, 0.3) is 21.7 Å². The van der Waals surface area contributed by atoms with Crippen molar-refractivity contribution >= 4 is 102 Å². The molecule has 20 nitrogen and oxygen atoms in total. The van der Waals surface area contributed by atoms with Crippen LogP contribution in [-0.4, -0.2) is 124 Å². The highest BCUT2D eigenvalue weighted by molar-refractivity contribution is 8.76. The number of para-hydroxylation sites is 1. The molecule has 428 valence electrons. The predicted octanol–water partition coefficient (Wildman–Crippen LogP) is 3.03. The molecule has 8 atom stereocenters. The van der Waals surface area contributed by atoms with E-state index in [0.29, 0.717) is 46.7 Å². The van der Waals surface area contributed by atoms with Gasteiger partial charge >= 0.3 is 0 Å². The van der Waals surface area contributed by atoms with Gasteiger partial charge in [0.2, 0.25) is 47.3 Å². The highest BCUT2D eigenvalue weighted by atomic mass is 35.5. The number of aromatic nitrogens is 2. The third-order valence-electron chi connectivity index (χ3n) is 13.8. The Bertz CT molecular complexity index is 3170. The standard InChI is InChI=1S/C58H69ClN12O8S2/c1-33(2)50-58(79)70-49(56(77)66-45(51(62)72)26-35-16-19-37-11-3-4-12-38(37)24-35)32-81-80-31-48(69-52(73)42(61)25-34-17-20-40(59)21-18-34)57(78)67-46(27-36-10-9-23-63-29-36)54(75)68-47(28-39-30-64-43-14-6-5-13-41(39)43)55(76)65-44(53(74)71-50)15-7-8-22-60/h3-6,9-14,16-21,23-24,29-30,33,42,44-50,64H,7-8,15,22,25-28,31-32,60-61H2,1-2H3,(H2,62,72)(H,65,76)(H,66,77)(H,67,78)(H,68,75)(H,69,73)(H,70,79)(H,71,74)/t42-,44-,45-,46-,47-,48+,49-,50-/m0/s1. The number of hydrogen-bond donors (Lipinski definition) is 11. The molecule has 14 N–H and O–H groups in total. The highest BCUT2D eigenvalue weighted by Gasteiger charge is 2.36. The monoisotopic (exact) mass is 1160 g/mol. The molecule has 23 heteroatoms. The van der Waals surface area contributed by atoms with Crippen molar-refractivity contribution in [2.75, 3.05) is 18.1 Å². The molecule has 7 rings (SSSR count). The van der Waals surface area contributed by atoms with Crippen LogP contribution in [0.2, 0.25) is 5.02 Å². The minimum absolute atomic E-state index is 0.0233. The summed E-state index contributed by atoms with van der Waals surface area (Å²) in [4.78, 5) is 122. The average molecular weight is 1160 g/mol. The first kappa shape index (κ1) is 61.1. The molecule has 0 bridgehead atoms. The fraction of sp³-hybridized carbons (Fsp3) is 0.362. The molecule has 81 heavy (non-hydrogen) atoms. The summed E-state index contributed by atoms with van der Waals surface area (Å²) in [5.74, 6) is -6.94. The van der Waals surface area contributed by atoms with Crippen LogP contribution >= 0.6 is 33.2 Å². The molecule has 0 saturated carbocycles. The van der Waals surface area contributed by atoms with Crippen LogP contribution in [0.3, 0.4) is 0 Å². The lowest BCUT2D eigenvalue weighted by Crippen LogP contribution is -2.61. The van der Waals surface area contributed by atoms with E-state index >= 15 is 0 Å². The number of aromatic amines is 1. The fourth-order valence-electron chi connectivity index (χ4n) is 9.26. The number of benzene rings is 4. The summed E-state index contributed by atoms with van der Waals surface area (Å²) in [6.07, 6.45) is 5.73. The molecule has 0 spiro atoms. The van der Waals surface area contributed by atoms with Crippen molar-refractivity contribution in [3.8, 4) is 0 Å². The van der Waals surface area contributed by atoms with Crippen LogP contribution in [0.1, 0.15) is 55.4 Å². The number of carbonyl (C=O) groups excluding carboxylic acids is 8. The van der Waals surface area contributed by atoms with Crippen molar-refractivity contribution in [2.45, 2.75) is 107 Å². The summed E-state index contributed by atoms with van der Waals surface area (Å²) in [6.45, 7) is 3.70. The van der Waals surface area contributed by atoms with Crippen LogP contribution in [0.5, 0.6) is 0 Å². The van der Waals surface area contributed by atoms with Gasteiger partial charge in [-0.1, -0.05) is 126 Å². The number of fused-ring (bicyclic) bond motifs is 2. The summed E-state index contributed by atoms with van der Waals surface area (Å²) in [5.41, 5.74) is 21.6. The van der Waals surface area contributed by atoms with Crippen LogP contribution in [0, 0.1) is 5.92 Å². The van der Waals surface area contributed by atoms with Gasteiger partial charge in [-0.2, -0.15) is 0 Å². The highest BCUT2D eigenvalue weighted by Crippen LogP contribution is 2.25. The third kappa shape index (κ3) is 17.7. The Balaban J connectivity index is 1.24. The number of amides is 8. The average Bonchev–Trinajstić information content (AvgIpc) is 3.91.